The molecule has 0 fully saturated rings. The van der Waals surface area contributed by atoms with Gasteiger partial charge < -0.3 is 24.5 Å². The van der Waals surface area contributed by atoms with Gasteiger partial charge >= 0.3 is 5.97 Å². The van der Waals surface area contributed by atoms with Crippen LogP contribution in [0.4, 0.5) is 5.69 Å². The van der Waals surface area contributed by atoms with E-state index in [4.69, 9.17) is 25.8 Å². The first-order valence-corrected chi connectivity index (χ1v) is 9.87. The summed E-state index contributed by atoms with van der Waals surface area (Å²) in [5, 5.41) is 3.00. The quantitative estimate of drug-likeness (QED) is 0.502. The van der Waals surface area contributed by atoms with E-state index in [-0.39, 0.29) is 6.42 Å². The van der Waals surface area contributed by atoms with E-state index in [0.29, 0.717) is 33.6 Å². The highest BCUT2D eigenvalue weighted by atomic mass is 35.5. The molecule has 0 saturated heterocycles. The van der Waals surface area contributed by atoms with E-state index in [2.05, 4.69) is 15.3 Å². The van der Waals surface area contributed by atoms with Crippen molar-refractivity contribution < 1.29 is 23.8 Å². The maximum atomic E-state index is 12.7. The van der Waals surface area contributed by atoms with Gasteiger partial charge in [-0.25, -0.2) is 9.78 Å². The Labute approximate surface area is 184 Å². The van der Waals surface area contributed by atoms with Gasteiger partial charge in [-0.15, -0.1) is 0 Å². The van der Waals surface area contributed by atoms with Gasteiger partial charge in [-0.2, -0.15) is 0 Å². The molecular formula is C22H22ClN3O5. The first kappa shape index (κ1) is 22.2. The molecule has 162 valence electrons. The average molecular weight is 444 g/mol. The molecule has 8 nitrogen and oxygen atoms in total. The molecule has 1 unspecified atom stereocenters. The standard InChI is InChI=1S/C22H22ClN3O5/c1-4-17(21(27)26-16-11-15(23)18(29-2)12-19(16)30-3)31-22(28)14-7-5-13(6-8-14)20-24-9-10-25-20/h5-12,17H,4H2,1-3H3,(H,24,25)(H,26,27). The molecule has 1 heterocycles. The third kappa shape index (κ3) is 5.16. The van der Waals surface area contributed by atoms with E-state index in [1.54, 1.807) is 49.6 Å². The molecule has 0 aliphatic carbocycles. The highest BCUT2D eigenvalue weighted by Crippen LogP contribution is 2.36. The normalized spacial score (nSPS) is 11.5. The van der Waals surface area contributed by atoms with Crippen molar-refractivity contribution >= 4 is 29.2 Å². The van der Waals surface area contributed by atoms with E-state index in [1.165, 1.54) is 20.3 Å². The third-order valence-electron chi connectivity index (χ3n) is 4.54. The number of aromatic nitrogens is 2. The Hall–Kier alpha value is -3.52. The van der Waals surface area contributed by atoms with Crippen LogP contribution in [0.15, 0.2) is 48.8 Å². The van der Waals surface area contributed by atoms with Crippen molar-refractivity contribution in [1.82, 2.24) is 9.97 Å². The van der Waals surface area contributed by atoms with Gasteiger partial charge in [-0.3, -0.25) is 4.79 Å². The summed E-state index contributed by atoms with van der Waals surface area (Å²) in [5.41, 5.74) is 1.50. The zero-order chi connectivity index (χ0) is 22.4. The number of aromatic amines is 1. The van der Waals surface area contributed by atoms with Crippen LogP contribution in [0.1, 0.15) is 23.7 Å². The molecule has 1 atom stereocenters. The summed E-state index contributed by atoms with van der Waals surface area (Å²) in [6, 6.07) is 9.82. The smallest absolute Gasteiger partial charge is 0.338 e. The van der Waals surface area contributed by atoms with Gasteiger partial charge in [0.2, 0.25) is 0 Å². The summed E-state index contributed by atoms with van der Waals surface area (Å²) in [6.45, 7) is 1.75. The Morgan fingerprint density at radius 2 is 1.84 bits per heavy atom. The van der Waals surface area contributed by atoms with Crippen LogP contribution in [0.2, 0.25) is 5.02 Å². The lowest BCUT2D eigenvalue weighted by molar-refractivity contribution is -0.124. The van der Waals surface area contributed by atoms with Crippen LogP contribution in [0.3, 0.4) is 0 Å². The number of carbonyl (C=O) groups excluding carboxylic acids is 2. The van der Waals surface area contributed by atoms with Crippen LogP contribution >= 0.6 is 11.6 Å². The summed E-state index contributed by atoms with van der Waals surface area (Å²) in [4.78, 5) is 32.4. The van der Waals surface area contributed by atoms with Gasteiger partial charge in [0, 0.05) is 24.0 Å². The van der Waals surface area contributed by atoms with Crippen molar-refractivity contribution in [2.75, 3.05) is 19.5 Å². The zero-order valence-corrected chi connectivity index (χ0v) is 18.0. The van der Waals surface area contributed by atoms with Crippen molar-refractivity contribution in [3.63, 3.8) is 0 Å². The summed E-state index contributed by atoms with van der Waals surface area (Å²) in [6.07, 6.45) is 2.65. The molecule has 31 heavy (non-hydrogen) atoms. The van der Waals surface area contributed by atoms with Gasteiger partial charge in [0.05, 0.1) is 30.5 Å². The monoisotopic (exact) mass is 443 g/mol. The fraction of sp³-hybridized carbons (Fsp3) is 0.227. The minimum atomic E-state index is -0.997. The van der Waals surface area contributed by atoms with Crippen molar-refractivity contribution in [1.29, 1.82) is 0 Å². The molecule has 3 aromatic rings. The number of methoxy groups -OCH3 is 2. The molecule has 0 aliphatic heterocycles. The van der Waals surface area contributed by atoms with Crippen LogP contribution < -0.4 is 14.8 Å². The van der Waals surface area contributed by atoms with Crippen molar-refractivity contribution in [2.24, 2.45) is 0 Å². The second kappa shape index (κ2) is 9.99. The number of H-pyrrole nitrogens is 1. The lowest BCUT2D eigenvalue weighted by atomic mass is 10.1. The Morgan fingerprint density at radius 1 is 1.13 bits per heavy atom. The van der Waals surface area contributed by atoms with Crippen LogP contribution in [-0.4, -0.2) is 42.2 Å². The van der Waals surface area contributed by atoms with Crippen molar-refractivity contribution in [2.45, 2.75) is 19.4 Å². The lowest BCUT2D eigenvalue weighted by Gasteiger charge is -2.18. The van der Waals surface area contributed by atoms with Crippen molar-refractivity contribution in [3.05, 3.63) is 59.4 Å². The number of esters is 1. The predicted octanol–water partition coefficient (Wildman–Crippen LogP) is 4.32. The number of hydrogen-bond acceptors (Lipinski definition) is 6. The maximum absolute atomic E-state index is 12.7. The fourth-order valence-corrected chi connectivity index (χ4v) is 3.12. The number of nitrogens with zero attached hydrogens (tertiary/aromatic N) is 1. The second-order valence-corrected chi connectivity index (χ2v) is 6.90. The molecule has 0 spiro atoms. The summed E-state index contributed by atoms with van der Waals surface area (Å²) < 4.78 is 15.9. The Kier molecular flexibility index (Phi) is 7.15. The Bertz CT molecular complexity index is 1050. The molecule has 0 aliphatic rings. The number of anilines is 1. The van der Waals surface area contributed by atoms with Crippen LogP contribution in [0, 0.1) is 0 Å². The molecule has 0 saturated carbocycles. The van der Waals surface area contributed by atoms with E-state index >= 15 is 0 Å². The number of halogens is 1. The zero-order valence-electron chi connectivity index (χ0n) is 17.3. The van der Waals surface area contributed by atoms with Gasteiger partial charge in [0.1, 0.15) is 17.3 Å². The van der Waals surface area contributed by atoms with Crippen LogP contribution in [0.5, 0.6) is 11.5 Å². The highest BCUT2D eigenvalue weighted by Gasteiger charge is 2.24. The van der Waals surface area contributed by atoms with Gasteiger partial charge in [0.15, 0.2) is 6.10 Å². The van der Waals surface area contributed by atoms with Gasteiger partial charge in [-0.05, 0) is 24.6 Å². The Balaban J connectivity index is 1.70. The summed E-state index contributed by atoms with van der Waals surface area (Å²) in [5.74, 6) is 0.366. The van der Waals surface area contributed by atoms with Gasteiger partial charge in [0.25, 0.3) is 5.91 Å². The first-order chi connectivity index (χ1) is 15.0. The number of hydrogen-bond donors (Lipinski definition) is 2. The molecule has 2 N–H and O–H groups in total. The molecule has 1 aromatic heterocycles. The van der Waals surface area contributed by atoms with Crippen molar-refractivity contribution in [3.8, 4) is 22.9 Å². The van der Waals surface area contributed by atoms with Gasteiger partial charge in [-0.1, -0.05) is 30.7 Å². The number of imidazole rings is 1. The third-order valence-corrected chi connectivity index (χ3v) is 4.83. The highest BCUT2D eigenvalue weighted by molar-refractivity contribution is 6.32. The summed E-state index contributed by atoms with van der Waals surface area (Å²) in [7, 11) is 2.94. The van der Waals surface area contributed by atoms with E-state index in [9.17, 15) is 9.59 Å². The molecule has 0 bridgehead atoms. The molecule has 9 heteroatoms. The minimum Gasteiger partial charge on any atom is -0.495 e. The first-order valence-electron chi connectivity index (χ1n) is 9.50. The van der Waals surface area contributed by atoms with E-state index in [0.717, 1.165) is 5.56 Å². The van der Waals surface area contributed by atoms with E-state index in [1.807, 2.05) is 0 Å². The van der Waals surface area contributed by atoms with Crippen LogP contribution in [-0.2, 0) is 9.53 Å². The fourth-order valence-electron chi connectivity index (χ4n) is 2.88. The largest absolute Gasteiger partial charge is 0.495 e. The lowest BCUT2D eigenvalue weighted by Crippen LogP contribution is -2.32. The molecular weight excluding hydrogens is 422 g/mol. The number of rotatable bonds is 8. The number of amides is 1. The second-order valence-electron chi connectivity index (χ2n) is 6.49. The van der Waals surface area contributed by atoms with Crippen LogP contribution in [0.25, 0.3) is 11.4 Å². The molecule has 2 aromatic carbocycles. The summed E-state index contributed by atoms with van der Waals surface area (Å²) >= 11 is 6.15. The Morgan fingerprint density at radius 3 is 2.42 bits per heavy atom. The molecule has 3 rings (SSSR count). The topological polar surface area (TPSA) is 103 Å². The van der Waals surface area contributed by atoms with E-state index < -0.39 is 18.0 Å². The molecule has 1 amide bonds. The molecule has 0 radical (unpaired) electrons. The number of ether oxygens (including phenoxy) is 3. The maximum Gasteiger partial charge on any atom is 0.338 e. The SMILES string of the molecule is CCC(OC(=O)c1ccc(-c2ncc[nH]2)cc1)C(=O)Nc1cc(Cl)c(OC)cc1OC. The minimum absolute atomic E-state index is 0.286. The number of carbonyl (C=O) groups is 2. The number of nitrogens with one attached hydrogen (secondary N) is 2. The average Bonchev–Trinajstić information content (AvgIpc) is 3.32. The predicted molar refractivity (Wildman–Crippen MR) is 117 cm³/mol. The number of benzene rings is 2.